The van der Waals surface area contributed by atoms with Gasteiger partial charge in [-0.3, -0.25) is 9.59 Å². The molecule has 35 heavy (non-hydrogen) atoms. The van der Waals surface area contributed by atoms with E-state index in [2.05, 4.69) is 10.0 Å². The Hall–Kier alpha value is -2.21. The van der Waals surface area contributed by atoms with Crippen LogP contribution >= 0.6 is 23.2 Å². The highest BCUT2D eigenvalue weighted by molar-refractivity contribution is 7.89. The molecule has 3 rings (SSSR count). The molecule has 3 atom stereocenters. The summed E-state index contributed by atoms with van der Waals surface area (Å²) in [6.07, 6.45) is 1.19. The fourth-order valence-corrected chi connectivity index (χ4v) is 5.80. The second-order valence-electron chi connectivity index (χ2n) is 7.98. The Balaban J connectivity index is 2.00. The number of benzene rings is 2. The number of carboxylic acid groups (broad SMARTS) is 1. The number of ether oxygens (including phenoxy) is 2. The third kappa shape index (κ3) is 7.16. The Morgan fingerprint density at radius 3 is 2.34 bits per heavy atom. The van der Waals surface area contributed by atoms with Crippen molar-refractivity contribution in [2.75, 3.05) is 26.9 Å². The van der Waals surface area contributed by atoms with Crippen LogP contribution in [0.1, 0.15) is 24.4 Å². The predicted molar refractivity (Wildman–Crippen MR) is 130 cm³/mol. The van der Waals surface area contributed by atoms with E-state index in [9.17, 15) is 23.1 Å². The molecule has 0 amide bonds. The zero-order valence-electron chi connectivity index (χ0n) is 18.9. The van der Waals surface area contributed by atoms with Crippen molar-refractivity contribution in [2.45, 2.75) is 29.8 Å². The molecular weight excluding hydrogens is 519 g/mol. The van der Waals surface area contributed by atoms with Gasteiger partial charge in [0.15, 0.2) is 5.78 Å². The van der Waals surface area contributed by atoms with Crippen molar-refractivity contribution in [3.63, 3.8) is 0 Å². The molecule has 1 aliphatic heterocycles. The molecule has 1 unspecified atom stereocenters. The largest absolute Gasteiger partial charge is 0.491 e. The zero-order valence-corrected chi connectivity index (χ0v) is 21.2. The summed E-state index contributed by atoms with van der Waals surface area (Å²) >= 11 is 11.9. The van der Waals surface area contributed by atoms with E-state index in [4.69, 9.17) is 32.7 Å². The number of carboxylic acids is 1. The smallest absolute Gasteiger partial charge is 0.316 e. The van der Waals surface area contributed by atoms with Crippen LogP contribution < -0.4 is 14.8 Å². The summed E-state index contributed by atoms with van der Waals surface area (Å²) in [5.41, 5.74) is 0.277. The first-order valence-corrected chi connectivity index (χ1v) is 13.1. The maximum Gasteiger partial charge on any atom is 0.316 e. The topological polar surface area (TPSA) is 131 Å². The Morgan fingerprint density at radius 1 is 1.14 bits per heavy atom. The lowest BCUT2D eigenvalue weighted by atomic mass is 9.86. The molecule has 1 saturated heterocycles. The van der Waals surface area contributed by atoms with Gasteiger partial charge in [0.05, 0.1) is 23.6 Å². The number of Topliss-reactive ketones (excluding diaryl/α,β-unsaturated/α-hetero) is 1. The van der Waals surface area contributed by atoms with Crippen LogP contribution in [0, 0.1) is 5.92 Å². The molecule has 0 radical (unpaired) electrons. The van der Waals surface area contributed by atoms with Crippen LogP contribution in [0.2, 0.25) is 10.0 Å². The van der Waals surface area contributed by atoms with Crippen molar-refractivity contribution in [1.82, 2.24) is 10.0 Å². The van der Waals surface area contributed by atoms with E-state index < -0.39 is 39.8 Å². The Kier molecular flexibility index (Phi) is 9.51. The third-order valence-electron chi connectivity index (χ3n) is 5.53. The van der Waals surface area contributed by atoms with Gasteiger partial charge in [-0.15, -0.1) is 0 Å². The molecule has 2 aromatic rings. The van der Waals surface area contributed by atoms with Gasteiger partial charge in [0.1, 0.15) is 18.3 Å². The number of rotatable bonds is 12. The van der Waals surface area contributed by atoms with Gasteiger partial charge in [0.25, 0.3) is 0 Å². The minimum absolute atomic E-state index is 0.0907. The Morgan fingerprint density at radius 2 is 1.80 bits per heavy atom. The van der Waals surface area contributed by atoms with Crippen LogP contribution in [0.4, 0.5) is 0 Å². The van der Waals surface area contributed by atoms with E-state index in [0.717, 1.165) is 0 Å². The van der Waals surface area contributed by atoms with Crippen molar-refractivity contribution in [3.05, 3.63) is 58.1 Å². The number of hydrogen-bond acceptors (Lipinski definition) is 7. The maximum absolute atomic E-state index is 13.2. The summed E-state index contributed by atoms with van der Waals surface area (Å²) in [6.45, 7) is 1.25. The summed E-state index contributed by atoms with van der Waals surface area (Å²) < 4.78 is 39.4. The van der Waals surface area contributed by atoms with Crippen molar-refractivity contribution in [2.24, 2.45) is 5.92 Å². The molecule has 1 heterocycles. The highest BCUT2D eigenvalue weighted by Crippen LogP contribution is 2.31. The van der Waals surface area contributed by atoms with Gasteiger partial charge < -0.3 is 19.9 Å². The molecule has 2 aromatic carbocycles. The third-order valence-corrected chi connectivity index (χ3v) is 7.39. The number of methoxy groups -OCH3 is 1. The monoisotopic (exact) mass is 544 g/mol. The van der Waals surface area contributed by atoms with Gasteiger partial charge in [-0.05, 0) is 55.3 Å². The van der Waals surface area contributed by atoms with Crippen LogP contribution in [-0.2, 0) is 24.3 Å². The van der Waals surface area contributed by atoms with Crippen molar-refractivity contribution in [1.29, 1.82) is 0 Å². The van der Waals surface area contributed by atoms with E-state index in [0.29, 0.717) is 38.3 Å². The summed E-state index contributed by atoms with van der Waals surface area (Å²) in [5, 5.41) is 13.2. The van der Waals surface area contributed by atoms with Gasteiger partial charge in [0.2, 0.25) is 10.0 Å². The van der Waals surface area contributed by atoms with Crippen molar-refractivity contribution >= 4 is 45.0 Å². The summed E-state index contributed by atoms with van der Waals surface area (Å²) in [6, 6.07) is 7.85. The number of hydrogen-bond donors (Lipinski definition) is 3. The molecule has 3 N–H and O–H groups in total. The predicted octanol–water partition coefficient (Wildman–Crippen LogP) is 3.06. The van der Waals surface area contributed by atoms with Gasteiger partial charge in [-0.1, -0.05) is 35.3 Å². The van der Waals surface area contributed by atoms with Crippen LogP contribution in [0.25, 0.3) is 0 Å². The quantitative estimate of drug-likeness (QED) is 0.274. The van der Waals surface area contributed by atoms with Crippen LogP contribution in [-0.4, -0.2) is 58.2 Å². The summed E-state index contributed by atoms with van der Waals surface area (Å²) in [4.78, 5) is 25.3. The molecule has 1 fully saturated rings. The number of sulfonamides is 1. The second-order valence-corrected chi connectivity index (χ2v) is 10.6. The normalized spacial score (nSPS) is 17.6. The zero-order chi connectivity index (χ0) is 25.6. The lowest BCUT2D eigenvalue weighted by Crippen LogP contribution is -2.46. The first kappa shape index (κ1) is 27.4. The minimum Gasteiger partial charge on any atom is -0.491 e. The van der Waals surface area contributed by atoms with E-state index >= 15 is 0 Å². The fraction of sp³-hybridized carbons (Fsp3) is 0.391. The lowest BCUT2D eigenvalue weighted by Gasteiger charge is -2.27. The maximum atomic E-state index is 13.2. The first-order chi connectivity index (χ1) is 16.6. The molecule has 9 nitrogen and oxygen atoms in total. The molecule has 190 valence electrons. The fourth-order valence-electron chi connectivity index (χ4n) is 3.83. The van der Waals surface area contributed by atoms with Gasteiger partial charge >= 0.3 is 5.97 Å². The lowest BCUT2D eigenvalue weighted by molar-refractivity contribution is -0.148. The van der Waals surface area contributed by atoms with E-state index in [1.54, 1.807) is 19.2 Å². The molecule has 0 saturated carbocycles. The number of nitrogens with one attached hydrogen (secondary N) is 2. The van der Waals surface area contributed by atoms with E-state index in [1.165, 1.54) is 30.3 Å². The first-order valence-electron chi connectivity index (χ1n) is 10.8. The number of aliphatic carboxylic acids is 1. The van der Waals surface area contributed by atoms with Crippen molar-refractivity contribution in [3.8, 4) is 5.75 Å². The average Bonchev–Trinajstić information content (AvgIpc) is 3.33. The molecule has 0 spiro atoms. The van der Waals surface area contributed by atoms with Crippen LogP contribution in [0.3, 0.4) is 0 Å². The Bertz CT molecular complexity index is 1130. The highest BCUT2D eigenvalue weighted by atomic mass is 35.5. The molecular formula is C23H26Cl2N2O7S. The van der Waals surface area contributed by atoms with Crippen LogP contribution in [0.15, 0.2) is 47.4 Å². The number of ketones is 1. The molecule has 1 aliphatic rings. The van der Waals surface area contributed by atoms with E-state index in [-0.39, 0.29) is 20.5 Å². The average molecular weight is 545 g/mol. The number of carbonyl (C=O) groups excluding carboxylic acids is 1. The van der Waals surface area contributed by atoms with Gasteiger partial charge in [-0.2, -0.15) is 0 Å². The number of carbonyl (C=O) groups is 2. The van der Waals surface area contributed by atoms with Gasteiger partial charge in [0, 0.05) is 17.2 Å². The second kappa shape index (κ2) is 12.2. The minimum atomic E-state index is -4.32. The van der Waals surface area contributed by atoms with Gasteiger partial charge in [-0.25, -0.2) is 13.1 Å². The summed E-state index contributed by atoms with van der Waals surface area (Å²) in [5.74, 6) is -3.26. The molecule has 12 heteroatoms. The number of halogens is 2. The Labute approximate surface area is 213 Å². The molecule has 0 aliphatic carbocycles. The standard InChI is InChI=1S/C23H26Cl2N2O7S/c1-33-9-10-34-17-6-4-14(5-7-17)21(20(23(29)30)22(28)19-3-2-8-26-19)27-35(31,32)18-12-15(24)11-16(25)13-18/h4-7,11-13,19-21,26-27H,2-3,8-10H2,1H3,(H,29,30)/t19?,20-,21-/m0/s1. The highest BCUT2D eigenvalue weighted by Gasteiger charge is 2.42. The van der Waals surface area contributed by atoms with Crippen LogP contribution in [0.5, 0.6) is 5.75 Å². The van der Waals surface area contributed by atoms with Crippen molar-refractivity contribution < 1.29 is 32.6 Å². The molecule has 0 bridgehead atoms. The molecule has 0 aromatic heterocycles. The SMILES string of the molecule is COCCOc1ccc([C@H](NS(=O)(=O)c2cc(Cl)cc(Cl)c2)[C@H](C(=O)O)C(=O)C2CCCN2)cc1. The van der Waals surface area contributed by atoms with E-state index in [1.807, 2.05) is 0 Å². The summed E-state index contributed by atoms with van der Waals surface area (Å²) in [7, 11) is -2.78.